The normalized spacial score (nSPS) is 17.8. The van der Waals surface area contributed by atoms with E-state index in [2.05, 4.69) is 12.2 Å². The number of amides is 2. The molecular formula is C16H22N2O3. The Morgan fingerprint density at radius 1 is 1.33 bits per heavy atom. The highest BCUT2D eigenvalue weighted by Gasteiger charge is 2.24. The summed E-state index contributed by atoms with van der Waals surface area (Å²) in [5.74, 6) is -0.284. The summed E-state index contributed by atoms with van der Waals surface area (Å²) in [6.45, 7) is 4.43. The lowest BCUT2D eigenvalue weighted by Crippen LogP contribution is -2.39. The summed E-state index contributed by atoms with van der Waals surface area (Å²) in [5.41, 5.74) is 1.30. The molecule has 1 aromatic carbocycles. The molecule has 0 bridgehead atoms. The highest BCUT2D eigenvalue weighted by Crippen LogP contribution is 2.18. The van der Waals surface area contributed by atoms with E-state index in [-0.39, 0.29) is 11.6 Å². The third-order valence-corrected chi connectivity index (χ3v) is 4.04. The van der Waals surface area contributed by atoms with Crippen LogP contribution < -0.4 is 5.32 Å². The predicted molar refractivity (Wildman–Crippen MR) is 80.5 cm³/mol. The highest BCUT2D eigenvalue weighted by molar-refractivity contribution is 5.87. The van der Waals surface area contributed by atoms with Gasteiger partial charge < -0.3 is 15.3 Å². The van der Waals surface area contributed by atoms with E-state index in [4.69, 9.17) is 5.11 Å². The number of nitrogens with one attached hydrogen (secondary N) is 1. The standard InChI is InChI=1S/C16H22N2O3/c1-2-12-8-10-18(11-12)16(21)17-9-7-13-3-5-14(6-4-13)15(19)20/h3-6,12H,2,7-11H2,1H3,(H,17,21)(H,19,20). The molecule has 0 aliphatic carbocycles. The minimum absolute atomic E-state index is 0.00751. The zero-order valence-corrected chi connectivity index (χ0v) is 12.3. The molecule has 114 valence electrons. The fraction of sp³-hybridized carbons (Fsp3) is 0.500. The van der Waals surface area contributed by atoms with Crippen LogP contribution in [0.3, 0.4) is 0 Å². The van der Waals surface area contributed by atoms with Gasteiger partial charge in [0.1, 0.15) is 0 Å². The van der Waals surface area contributed by atoms with E-state index >= 15 is 0 Å². The molecule has 1 heterocycles. The number of hydrogen-bond acceptors (Lipinski definition) is 2. The van der Waals surface area contributed by atoms with E-state index in [0.717, 1.165) is 31.5 Å². The second kappa shape index (κ2) is 7.11. The fourth-order valence-electron chi connectivity index (χ4n) is 2.59. The maximum Gasteiger partial charge on any atom is 0.335 e. The topological polar surface area (TPSA) is 69.6 Å². The SMILES string of the molecule is CCC1CCN(C(=O)NCCc2ccc(C(=O)O)cc2)C1. The third kappa shape index (κ3) is 4.21. The molecule has 21 heavy (non-hydrogen) atoms. The van der Waals surface area contributed by atoms with Gasteiger partial charge in [0.2, 0.25) is 0 Å². The van der Waals surface area contributed by atoms with Gasteiger partial charge in [0, 0.05) is 19.6 Å². The van der Waals surface area contributed by atoms with E-state index < -0.39 is 5.97 Å². The fourth-order valence-corrected chi connectivity index (χ4v) is 2.59. The molecule has 1 aromatic rings. The minimum Gasteiger partial charge on any atom is -0.478 e. The summed E-state index contributed by atoms with van der Waals surface area (Å²) in [7, 11) is 0. The Bertz CT molecular complexity index is 499. The van der Waals surface area contributed by atoms with Crippen LogP contribution in [0.4, 0.5) is 4.79 Å². The molecular weight excluding hydrogens is 268 g/mol. The van der Waals surface area contributed by atoms with Crippen molar-refractivity contribution in [3.8, 4) is 0 Å². The molecule has 1 fully saturated rings. The first-order valence-corrected chi connectivity index (χ1v) is 7.45. The summed E-state index contributed by atoms with van der Waals surface area (Å²) >= 11 is 0. The quantitative estimate of drug-likeness (QED) is 0.874. The van der Waals surface area contributed by atoms with E-state index in [9.17, 15) is 9.59 Å². The van der Waals surface area contributed by atoms with Crippen LogP contribution in [0.2, 0.25) is 0 Å². The van der Waals surface area contributed by atoms with Gasteiger partial charge in [-0.15, -0.1) is 0 Å². The molecule has 1 aliphatic rings. The number of carboxylic acid groups (broad SMARTS) is 1. The van der Waals surface area contributed by atoms with Gasteiger partial charge in [-0.1, -0.05) is 25.5 Å². The summed E-state index contributed by atoms with van der Waals surface area (Å²) in [5, 5.41) is 11.8. The smallest absolute Gasteiger partial charge is 0.335 e. The summed E-state index contributed by atoms with van der Waals surface area (Å²) in [6, 6.07) is 6.77. The van der Waals surface area contributed by atoms with Gasteiger partial charge in [-0.3, -0.25) is 0 Å². The van der Waals surface area contributed by atoms with Crippen LogP contribution in [0, 0.1) is 5.92 Å². The Morgan fingerprint density at radius 3 is 2.62 bits per heavy atom. The number of carbonyl (C=O) groups is 2. The second-order valence-electron chi connectivity index (χ2n) is 5.49. The molecule has 2 rings (SSSR count). The zero-order valence-electron chi connectivity index (χ0n) is 12.3. The van der Waals surface area contributed by atoms with Crippen molar-refractivity contribution in [2.24, 2.45) is 5.92 Å². The van der Waals surface area contributed by atoms with Crippen LogP contribution >= 0.6 is 0 Å². The number of likely N-dealkylation sites (tertiary alicyclic amines) is 1. The van der Waals surface area contributed by atoms with Crippen molar-refractivity contribution >= 4 is 12.0 Å². The summed E-state index contributed by atoms with van der Waals surface area (Å²) in [4.78, 5) is 24.6. The van der Waals surface area contributed by atoms with E-state index in [1.54, 1.807) is 24.3 Å². The average Bonchev–Trinajstić information content (AvgIpc) is 2.96. The lowest BCUT2D eigenvalue weighted by molar-refractivity contribution is 0.0697. The third-order valence-electron chi connectivity index (χ3n) is 4.04. The van der Waals surface area contributed by atoms with Crippen LogP contribution in [-0.4, -0.2) is 41.6 Å². The first-order chi connectivity index (χ1) is 10.1. The monoisotopic (exact) mass is 290 g/mol. The first kappa shape index (κ1) is 15.4. The molecule has 1 aliphatic heterocycles. The first-order valence-electron chi connectivity index (χ1n) is 7.45. The molecule has 1 atom stereocenters. The van der Waals surface area contributed by atoms with Gasteiger partial charge in [0.25, 0.3) is 0 Å². The number of aromatic carboxylic acids is 1. The Hall–Kier alpha value is -2.04. The number of benzene rings is 1. The van der Waals surface area contributed by atoms with E-state index in [1.807, 2.05) is 4.90 Å². The van der Waals surface area contributed by atoms with E-state index in [1.165, 1.54) is 0 Å². The van der Waals surface area contributed by atoms with Gasteiger partial charge in [-0.25, -0.2) is 9.59 Å². The number of nitrogens with zero attached hydrogens (tertiary/aromatic N) is 1. The highest BCUT2D eigenvalue weighted by atomic mass is 16.4. The second-order valence-corrected chi connectivity index (χ2v) is 5.49. The maximum absolute atomic E-state index is 12.0. The van der Waals surface area contributed by atoms with Gasteiger partial charge in [0.05, 0.1) is 5.56 Å². The van der Waals surface area contributed by atoms with Gasteiger partial charge >= 0.3 is 12.0 Å². The van der Waals surface area contributed by atoms with Crippen molar-refractivity contribution in [3.05, 3.63) is 35.4 Å². The summed E-state index contributed by atoms with van der Waals surface area (Å²) in [6.07, 6.45) is 2.93. The Labute approximate surface area is 125 Å². The molecule has 1 unspecified atom stereocenters. The molecule has 0 saturated carbocycles. The van der Waals surface area contributed by atoms with Gasteiger partial charge in [-0.05, 0) is 36.5 Å². The molecule has 5 nitrogen and oxygen atoms in total. The Kier molecular flexibility index (Phi) is 5.20. The zero-order chi connectivity index (χ0) is 15.2. The number of carbonyl (C=O) groups excluding carboxylic acids is 1. The van der Waals surface area contributed by atoms with E-state index in [0.29, 0.717) is 18.9 Å². The van der Waals surface area contributed by atoms with Gasteiger partial charge in [0.15, 0.2) is 0 Å². The van der Waals surface area contributed by atoms with Crippen molar-refractivity contribution in [2.45, 2.75) is 26.2 Å². The summed E-state index contributed by atoms with van der Waals surface area (Å²) < 4.78 is 0. The lowest BCUT2D eigenvalue weighted by atomic mass is 10.1. The van der Waals surface area contributed by atoms with Crippen LogP contribution in [0.5, 0.6) is 0 Å². The number of hydrogen-bond donors (Lipinski definition) is 2. The largest absolute Gasteiger partial charge is 0.478 e. The average molecular weight is 290 g/mol. The molecule has 2 amide bonds. The van der Waals surface area contributed by atoms with Crippen molar-refractivity contribution in [3.63, 3.8) is 0 Å². The van der Waals surface area contributed by atoms with Crippen molar-refractivity contribution in [1.82, 2.24) is 10.2 Å². The maximum atomic E-state index is 12.0. The lowest BCUT2D eigenvalue weighted by Gasteiger charge is -2.17. The Balaban J connectivity index is 1.74. The number of carboxylic acids is 1. The minimum atomic E-state index is -0.922. The molecule has 5 heteroatoms. The van der Waals surface area contributed by atoms with Crippen molar-refractivity contribution in [2.75, 3.05) is 19.6 Å². The van der Waals surface area contributed by atoms with Gasteiger partial charge in [-0.2, -0.15) is 0 Å². The van der Waals surface area contributed by atoms with Crippen LogP contribution in [-0.2, 0) is 6.42 Å². The van der Waals surface area contributed by atoms with Crippen LogP contribution in [0.15, 0.2) is 24.3 Å². The van der Waals surface area contributed by atoms with Crippen molar-refractivity contribution < 1.29 is 14.7 Å². The number of rotatable bonds is 5. The van der Waals surface area contributed by atoms with Crippen LogP contribution in [0.1, 0.15) is 35.7 Å². The molecule has 0 radical (unpaired) electrons. The predicted octanol–water partition coefficient (Wildman–Crippen LogP) is 2.37. The molecule has 0 aromatic heterocycles. The van der Waals surface area contributed by atoms with Crippen molar-refractivity contribution in [1.29, 1.82) is 0 Å². The molecule has 1 saturated heterocycles. The number of urea groups is 1. The van der Waals surface area contributed by atoms with Crippen LogP contribution in [0.25, 0.3) is 0 Å². The molecule has 2 N–H and O–H groups in total. The Morgan fingerprint density at radius 2 is 2.05 bits per heavy atom. The molecule has 0 spiro atoms.